The fraction of sp³-hybridized carbons (Fsp3) is 0.909. The Labute approximate surface area is 92.2 Å². The highest BCUT2D eigenvalue weighted by molar-refractivity contribution is 5.77. The summed E-state index contributed by atoms with van der Waals surface area (Å²) in [7, 11) is 0. The standard InChI is InChI=1S/C11H23NO3/c1-6-12(9(3)8-15-7-2)11(4,5)10(13)14/h9H,6-8H2,1-5H3,(H,13,14). The summed E-state index contributed by atoms with van der Waals surface area (Å²) in [5, 5.41) is 9.13. The van der Waals surface area contributed by atoms with Gasteiger partial charge in [0.25, 0.3) is 0 Å². The molecule has 0 aliphatic heterocycles. The number of hydrogen-bond acceptors (Lipinski definition) is 3. The van der Waals surface area contributed by atoms with E-state index < -0.39 is 11.5 Å². The molecule has 15 heavy (non-hydrogen) atoms. The summed E-state index contributed by atoms with van der Waals surface area (Å²) in [5.74, 6) is -0.798. The lowest BCUT2D eigenvalue weighted by Crippen LogP contribution is -2.55. The van der Waals surface area contributed by atoms with Crippen LogP contribution in [0.5, 0.6) is 0 Å². The Balaban J connectivity index is 4.52. The topological polar surface area (TPSA) is 49.8 Å². The predicted octanol–water partition coefficient (Wildman–Crippen LogP) is 1.60. The van der Waals surface area contributed by atoms with Crippen molar-refractivity contribution in [1.82, 2.24) is 4.90 Å². The van der Waals surface area contributed by atoms with Crippen LogP contribution >= 0.6 is 0 Å². The van der Waals surface area contributed by atoms with Crippen molar-refractivity contribution >= 4 is 5.97 Å². The summed E-state index contributed by atoms with van der Waals surface area (Å²) in [6.07, 6.45) is 0. The SMILES string of the molecule is CCOCC(C)N(CC)C(C)(C)C(=O)O. The first-order valence-electron chi connectivity index (χ1n) is 5.45. The maximum atomic E-state index is 11.1. The van der Waals surface area contributed by atoms with Gasteiger partial charge in [-0.05, 0) is 34.2 Å². The molecule has 0 radical (unpaired) electrons. The molecule has 4 nitrogen and oxygen atoms in total. The third kappa shape index (κ3) is 3.80. The van der Waals surface area contributed by atoms with Gasteiger partial charge in [0.2, 0.25) is 0 Å². The summed E-state index contributed by atoms with van der Waals surface area (Å²) in [5.41, 5.74) is -0.842. The maximum Gasteiger partial charge on any atom is 0.323 e. The first kappa shape index (κ1) is 14.4. The molecule has 0 aliphatic carbocycles. The van der Waals surface area contributed by atoms with Crippen molar-refractivity contribution in [3.63, 3.8) is 0 Å². The lowest BCUT2D eigenvalue weighted by molar-refractivity contribution is -0.151. The zero-order chi connectivity index (χ0) is 12.1. The highest BCUT2D eigenvalue weighted by Crippen LogP contribution is 2.18. The van der Waals surface area contributed by atoms with Crippen LogP contribution in [-0.2, 0) is 9.53 Å². The molecular formula is C11H23NO3. The lowest BCUT2D eigenvalue weighted by atomic mass is 10.0. The van der Waals surface area contributed by atoms with E-state index in [2.05, 4.69) is 0 Å². The largest absolute Gasteiger partial charge is 0.480 e. The summed E-state index contributed by atoms with van der Waals surface area (Å²) >= 11 is 0. The molecule has 0 aromatic carbocycles. The molecule has 0 amide bonds. The van der Waals surface area contributed by atoms with Crippen LogP contribution in [0.4, 0.5) is 0 Å². The van der Waals surface area contributed by atoms with Crippen molar-refractivity contribution < 1.29 is 14.6 Å². The van der Waals surface area contributed by atoms with Crippen molar-refractivity contribution in [3.05, 3.63) is 0 Å². The normalized spacial score (nSPS) is 14.3. The van der Waals surface area contributed by atoms with Gasteiger partial charge in [-0.15, -0.1) is 0 Å². The number of carboxylic acid groups (broad SMARTS) is 1. The minimum absolute atomic E-state index is 0.112. The molecule has 0 bridgehead atoms. The van der Waals surface area contributed by atoms with E-state index in [9.17, 15) is 4.79 Å². The zero-order valence-corrected chi connectivity index (χ0v) is 10.4. The van der Waals surface area contributed by atoms with Crippen LogP contribution in [-0.4, -0.2) is 47.3 Å². The first-order chi connectivity index (χ1) is 6.87. The average molecular weight is 217 g/mol. The summed E-state index contributed by atoms with van der Waals surface area (Å²) in [4.78, 5) is 13.1. The number of hydrogen-bond donors (Lipinski definition) is 1. The van der Waals surface area contributed by atoms with E-state index in [4.69, 9.17) is 9.84 Å². The monoisotopic (exact) mass is 217 g/mol. The second-order valence-electron chi connectivity index (χ2n) is 4.16. The molecule has 90 valence electrons. The number of likely N-dealkylation sites (N-methyl/N-ethyl adjacent to an activating group) is 1. The van der Waals surface area contributed by atoms with Crippen molar-refractivity contribution in [2.75, 3.05) is 19.8 Å². The quantitative estimate of drug-likeness (QED) is 0.703. The smallest absolute Gasteiger partial charge is 0.323 e. The van der Waals surface area contributed by atoms with Crippen molar-refractivity contribution in [2.24, 2.45) is 0 Å². The van der Waals surface area contributed by atoms with Crippen LogP contribution in [0.25, 0.3) is 0 Å². The molecule has 0 aromatic heterocycles. The van der Waals surface area contributed by atoms with Crippen molar-refractivity contribution in [2.45, 2.75) is 46.2 Å². The third-order valence-corrected chi connectivity index (χ3v) is 2.68. The molecular weight excluding hydrogens is 194 g/mol. The predicted molar refractivity (Wildman–Crippen MR) is 60.0 cm³/mol. The van der Waals surface area contributed by atoms with Crippen molar-refractivity contribution in [3.8, 4) is 0 Å². The van der Waals surface area contributed by atoms with E-state index >= 15 is 0 Å². The number of carbonyl (C=O) groups is 1. The number of nitrogens with zero attached hydrogens (tertiary/aromatic N) is 1. The van der Waals surface area contributed by atoms with E-state index in [-0.39, 0.29) is 6.04 Å². The molecule has 0 saturated heterocycles. The Hall–Kier alpha value is -0.610. The number of rotatable bonds is 7. The Morgan fingerprint density at radius 3 is 2.33 bits per heavy atom. The number of carboxylic acids is 1. The maximum absolute atomic E-state index is 11.1. The van der Waals surface area contributed by atoms with Crippen LogP contribution in [0.3, 0.4) is 0 Å². The molecule has 0 saturated carbocycles. The fourth-order valence-electron chi connectivity index (χ4n) is 1.76. The van der Waals surface area contributed by atoms with E-state index in [1.54, 1.807) is 13.8 Å². The lowest BCUT2D eigenvalue weighted by Gasteiger charge is -2.38. The molecule has 0 aliphatic rings. The van der Waals surface area contributed by atoms with Gasteiger partial charge in [-0.3, -0.25) is 9.69 Å². The highest BCUT2D eigenvalue weighted by Gasteiger charge is 2.36. The highest BCUT2D eigenvalue weighted by atomic mass is 16.5. The van der Waals surface area contributed by atoms with Gasteiger partial charge in [-0.2, -0.15) is 0 Å². The molecule has 0 aromatic rings. The molecule has 1 unspecified atom stereocenters. The first-order valence-corrected chi connectivity index (χ1v) is 5.45. The van der Waals surface area contributed by atoms with Crippen LogP contribution in [0.1, 0.15) is 34.6 Å². The fourth-order valence-corrected chi connectivity index (χ4v) is 1.76. The van der Waals surface area contributed by atoms with E-state index in [0.717, 1.165) is 0 Å². The average Bonchev–Trinajstić information content (AvgIpc) is 2.15. The molecule has 0 heterocycles. The van der Waals surface area contributed by atoms with E-state index in [1.807, 2.05) is 25.7 Å². The van der Waals surface area contributed by atoms with Crippen LogP contribution in [0.2, 0.25) is 0 Å². The molecule has 4 heteroatoms. The summed E-state index contributed by atoms with van der Waals surface area (Å²) in [6, 6.07) is 0.112. The molecule has 0 rings (SSSR count). The minimum atomic E-state index is -0.842. The molecule has 0 fully saturated rings. The Morgan fingerprint density at radius 1 is 1.47 bits per heavy atom. The number of ether oxygens (including phenoxy) is 1. The number of aliphatic carboxylic acids is 1. The van der Waals surface area contributed by atoms with Crippen LogP contribution < -0.4 is 0 Å². The molecule has 0 spiro atoms. The van der Waals surface area contributed by atoms with Gasteiger partial charge in [0.15, 0.2) is 0 Å². The van der Waals surface area contributed by atoms with Gasteiger partial charge < -0.3 is 9.84 Å². The van der Waals surface area contributed by atoms with E-state index in [1.165, 1.54) is 0 Å². The van der Waals surface area contributed by atoms with Gasteiger partial charge >= 0.3 is 5.97 Å². The summed E-state index contributed by atoms with van der Waals surface area (Å²) in [6.45, 7) is 11.3. The van der Waals surface area contributed by atoms with Gasteiger partial charge in [0.1, 0.15) is 5.54 Å². The molecule has 1 atom stereocenters. The Kier molecular flexibility index (Phi) is 5.83. The van der Waals surface area contributed by atoms with Crippen LogP contribution in [0, 0.1) is 0 Å². The minimum Gasteiger partial charge on any atom is -0.480 e. The second-order valence-corrected chi connectivity index (χ2v) is 4.16. The van der Waals surface area contributed by atoms with Gasteiger partial charge in [0, 0.05) is 12.6 Å². The van der Waals surface area contributed by atoms with Crippen molar-refractivity contribution in [1.29, 1.82) is 0 Å². The van der Waals surface area contributed by atoms with Gasteiger partial charge in [-0.25, -0.2) is 0 Å². The summed E-state index contributed by atoms with van der Waals surface area (Å²) < 4.78 is 5.32. The third-order valence-electron chi connectivity index (χ3n) is 2.68. The zero-order valence-electron chi connectivity index (χ0n) is 10.4. The molecule has 1 N–H and O–H groups in total. The van der Waals surface area contributed by atoms with E-state index in [0.29, 0.717) is 19.8 Å². The second kappa shape index (κ2) is 6.08. The van der Waals surface area contributed by atoms with Gasteiger partial charge in [0.05, 0.1) is 6.61 Å². The van der Waals surface area contributed by atoms with Crippen LogP contribution in [0.15, 0.2) is 0 Å². The Bertz CT molecular complexity index is 204. The Morgan fingerprint density at radius 2 is 2.00 bits per heavy atom. The van der Waals surface area contributed by atoms with Gasteiger partial charge in [-0.1, -0.05) is 6.92 Å².